The number of para-hydroxylation sites is 1. The molecule has 2 rings (SSSR count). The fraction of sp³-hybridized carbons (Fsp3) is 0.357. The molecule has 1 aromatic heterocycles. The maximum absolute atomic E-state index is 12.2. The summed E-state index contributed by atoms with van der Waals surface area (Å²) < 4.78 is 1.98. The Labute approximate surface area is 95.9 Å². The molecule has 0 N–H and O–H groups in total. The number of aryl methyl sites for hydroxylation is 1. The highest BCUT2D eigenvalue weighted by molar-refractivity contribution is 6.02. The third-order valence-electron chi connectivity index (χ3n) is 2.87. The Morgan fingerprint density at radius 2 is 1.81 bits per heavy atom. The number of ketones is 1. The third-order valence-corrected chi connectivity index (χ3v) is 2.87. The smallest absolute Gasteiger partial charge is 0.184 e. The van der Waals surface area contributed by atoms with E-state index in [9.17, 15) is 4.79 Å². The molecule has 0 aliphatic heterocycles. The van der Waals surface area contributed by atoms with Crippen molar-refractivity contribution in [2.24, 2.45) is 12.5 Å². The lowest BCUT2D eigenvalue weighted by molar-refractivity contribution is 0.0850. The van der Waals surface area contributed by atoms with Gasteiger partial charge >= 0.3 is 0 Å². The zero-order valence-corrected chi connectivity index (χ0v) is 10.2. The number of hydrogen-bond donors (Lipinski definition) is 0. The predicted molar refractivity (Wildman–Crippen MR) is 66.7 cm³/mol. The van der Waals surface area contributed by atoms with Crippen molar-refractivity contribution in [1.82, 2.24) is 4.57 Å². The van der Waals surface area contributed by atoms with E-state index in [2.05, 4.69) is 0 Å². The molecule has 0 atom stereocenters. The number of benzene rings is 1. The summed E-state index contributed by atoms with van der Waals surface area (Å²) in [5, 5.41) is 1.12. The van der Waals surface area contributed by atoms with Gasteiger partial charge < -0.3 is 4.57 Å². The Morgan fingerprint density at radius 3 is 2.38 bits per heavy atom. The molecular weight excluding hydrogens is 198 g/mol. The van der Waals surface area contributed by atoms with Gasteiger partial charge in [0.25, 0.3) is 0 Å². The van der Waals surface area contributed by atoms with Crippen LogP contribution in [0.3, 0.4) is 0 Å². The molecule has 16 heavy (non-hydrogen) atoms. The van der Waals surface area contributed by atoms with E-state index in [1.54, 1.807) is 0 Å². The van der Waals surface area contributed by atoms with Gasteiger partial charge in [-0.05, 0) is 12.1 Å². The molecule has 0 bridgehead atoms. The SMILES string of the molecule is Cn1c(C(=O)C(C)(C)C)cc2ccccc21. The van der Waals surface area contributed by atoms with Gasteiger partial charge in [0.15, 0.2) is 5.78 Å². The normalized spacial score (nSPS) is 12.0. The first kappa shape index (κ1) is 10.9. The van der Waals surface area contributed by atoms with Crippen LogP contribution >= 0.6 is 0 Å². The molecule has 0 aliphatic rings. The molecular formula is C14H17NO. The molecule has 0 amide bonds. The van der Waals surface area contributed by atoms with E-state index in [-0.39, 0.29) is 11.2 Å². The fourth-order valence-corrected chi connectivity index (χ4v) is 1.89. The lowest BCUT2D eigenvalue weighted by Crippen LogP contribution is -2.22. The van der Waals surface area contributed by atoms with Crippen LogP contribution in [0.25, 0.3) is 10.9 Å². The first-order valence-electron chi connectivity index (χ1n) is 5.50. The molecule has 0 saturated heterocycles. The predicted octanol–water partition coefficient (Wildman–Crippen LogP) is 3.41. The molecule has 0 aliphatic carbocycles. The molecule has 2 heteroatoms. The second kappa shape index (κ2) is 3.48. The number of carbonyl (C=O) groups excluding carboxylic acids is 1. The number of carbonyl (C=O) groups is 1. The highest BCUT2D eigenvalue weighted by Crippen LogP contribution is 2.25. The van der Waals surface area contributed by atoms with Gasteiger partial charge in [-0.2, -0.15) is 0 Å². The van der Waals surface area contributed by atoms with Crippen molar-refractivity contribution < 1.29 is 4.79 Å². The minimum Gasteiger partial charge on any atom is -0.341 e. The molecule has 2 nitrogen and oxygen atoms in total. The van der Waals surface area contributed by atoms with E-state index in [4.69, 9.17) is 0 Å². The molecule has 0 radical (unpaired) electrons. The van der Waals surface area contributed by atoms with Crippen molar-refractivity contribution in [2.75, 3.05) is 0 Å². The van der Waals surface area contributed by atoms with Crippen molar-refractivity contribution in [3.05, 3.63) is 36.0 Å². The lowest BCUT2D eigenvalue weighted by Gasteiger charge is -2.16. The van der Waals surface area contributed by atoms with Crippen LogP contribution in [0, 0.1) is 5.41 Å². The summed E-state index contributed by atoms with van der Waals surface area (Å²) in [7, 11) is 1.95. The Bertz CT molecular complexity index is 543. The first-order valence-corrected chi connectivity index (χ1v) is 5.50. The van der Waals surface area contributed by atoms with Crippen molar-refractivity contribution in [3.63, 3.8) is 0 Å². The van der Waals surface area contributed by atoms with Crippen molar-refractivity contribution in [1.29, 1.82) is 0 Å². The molecule has 1 aromatic carbocycles. The number of Topliss-reactive ketones (excluding diaryl/α,β-unsaturated/α-hetero) is 1. The quantitative estimate of drug-likeness (QED) is 0.668. The summed E-state index contributed by atoms with van der Waals surface area (Å²) >= 11 is 0. The zero-order chi connectivity index (χ0) is 11.9. The van der Waals surface area contributed by atoms with E-state index < -0.39 is 0 Å². The third kappa shape index (κ3) is 1.64. The average Bonchev–Trinajstić information content (AvgIpc) is 2.54. The highest BCUT2D eigenvalue weighted by atomic mass is 16.1. The van der Waals surface area contributed by atoms with E-state index >= 15 is 0 Å². The summed E-state index contributed by atoms with van der Waals surface area (Å²) in [6.45, 7) is 5.85. The Balaban J connectivity index is 2.63. The largest absolute Gasteiger partial charge is 0.341 e. The van der Waals surface area contributed by atoms with Crippen molar-refractivity contribution in [2.45, 2.75) is 20.8 Å². The Morgan fingerprint density at radius 1 is 1.19 bits per heavy atom. The molecule has 0 unspecified atom stereocenters. The van der Waals surface area contributed by atoms with Crippen LogP contribution in [0.5, 0.6) is 0 Å². The number of nitrogens with zero attached hydrogens (tertiary/aromatic N) is 1. The lowest BCUT2D eigenvalue weighted by atomic mass is 9.89. The van der Waals surface area contributed by atoms with Gasteiger partial charge in [0.2, 0.25) is 0 Å². The van der Waals surface area contributed by atoms with Gasteiger partial charge in [-0.25, -0.2) is 0 Å². The van der Waals surface area contributed by atoms with Crippen LogP contribution in [0.4, 0.5) is 0 Å². The second-order valence-corrected chi connectivity index (χ2v) is 5.23. The van der Waals surface area contributed by atoms with Gasteiger partial charge in [0.05, 0.1) is 5.69 Å². The van der Waals surface area contributed by atoms with Crippen molar-refractivity contribution >= 4 is 16.7 Å². The molecule has 0 fully saturated rings. The monoisotopic (exact) mass is 215 g/mol. The summed E-state index contributed by atoms with van der Waals surface area (Å²) in [6, 6.07) is 10.0. The van der Waals surface area contributed by atoms with Crippen LogP contribution < -0.4 is 0 Å². The first-order chi connectivity index (χ1) is 7.41. The molecule has 1 heterocycles. The number of fused-ring (bicyclic) bond motifs is 1. The van der Waals surface area contributed by atoms with Crippen LogP contribution in [0.1, 0.15) is 31.3 Å². The summed E-state index contributed by atoms with van der Waals surface area (Å²) in [4.78, 5) is 12.2. The minimum absolute atomic E-state index is 0.186. The Kier molecular flexibility index (Phi) is 2.38. The van der Waals surface area contributed by atoms with Gasteiger partial charge in [-0.3, -0.25) is 4.79 Å². The average molecular weight is 215 g/mol. The van der Waals surface area contributed by atoms with Crippen LogP contribution in [-0.2, 0) is 7.05 Å². The van der Waals surface area contributed by atoms with E-state index in [1.165, 1.54) is 0 Å². The molecule has 0 saturated carbocycles. The maximum atomic E-state index is 12.2. The minimum atomic E-state index is -0.331. The van der Waals surface area contributed by atoms with Crippen molar-refractivity contribution in [3.8, 4) is 0 Å². The standard InChI is InChI=1S/C14H17NO/c1-14(2,3)13(16)12-9-10-7-5-6-8-11(10)15(12)4/h5-9H,1-4H3. The number of rotatable bonds is 1. The highest BCUT2D eigenvalue weighted by Gasteiger charge is 2.25. The summed E-state index contributed by atoms with van der Waals surface area (Å²) in [6.07, 6.45) is 0. The zero-order valence-electron chi connectivity index (χ0n) is 10.2. The maximum Gasteiger partial charge on any atom is 0.184 e. The van der Waals surface area contributed by atoms with Gasteiger partial charge in [-0.15, -0.1) is 0 Å². The van der Waals surface area contributed by atoms with E-state index in [0.29, 0.717) is 0 Å². The van der Waals surface area contributed by atoms with Gasteiger partial charge in [0.1, 0.15) is 0 Å². The van der Waals surface area contributed by atoms with Gasteiger partial charge in [-0.1, -0.05) is 39.0 Å². The molecule has 0 spiro atoms. The molecule has 84 valence electrons. The topological polar surface area (TPSA) is 22.0 Å². The summed E-state index contributed by atoms with van der Waals surface area (Å²) in [5.74, 6) is 0.186. The van der Waals surface area contributed by atoms with Gasteiger partial charge in [0, 0.05) is 23.4 Å². The fourth-order valence-electron chi connectivity index (χ4n) is 1.89. The van der Waals surface area contributed by atoms with Crippen LogP contribution in [-0.4, -0.2) is 10.4 Å². The van der Waals surface area contributed by atoms with E-state index in [1.807, 2.05) is 62.7 Å². The molecule has 2 aromatic rings. The second-order valence-electron chi connectivity index (χ2n) is 5.23. The summed E-state index contributed by atoms with van der Waals surface area (Å²) in [5.41, 5.74) is 1.56. The van der Waals surface area contributed by atoms with Crippen LogP contribution in [0.2, 0.25) is 0 Å². The van der Waals surface area contributed by atoms with Crippen LogP contribution in [0.15, 0.2) is 30.3 Å². The Hall–Kier alpha value is -1.57. The number of hydrogen-bond acceptors (Lipinski definition) is 1. The van der Waals surface area contributed by atoms with E-state index in [0.717, 1.165) is 16.6 Å². The number of aromatic nitrogens is 1.